The smallest absolute Gasteiger partial charge is 0.255 e. The van der Waals surface area contributed by atoms with Crippen LogP contribution in [0.1, 0.15) is 25.3 Å². The van der Waals surface area contributed by atoms with Crippen LogP contribution in [-0.4, -0.2) is 28.2 Å². The van der Waals surface area contributed by atoms with E-state index >= 15 is 0 Å². The summed E-state index contributed by atoms with van der Waals surface area (Å²) < 4.78 is 7.60. The number of aromatic nitrogens is 2. The average Bonchev–Trinajstić information content (AvgIpc) is 3.37. The van der Waals surface area contributed by atoms with Crippen LogP contribution in [0.3, 0.4) is 0 Å². The second kappa shape index (κ2) is 6.01. The molecule has 5 nitrogen and oxygen atoms in total. The summed E-state index contributed by atoms with van der Waals surface area (Å²) >= 11 is 0. The molecule has 1 atom stereocenters. The molecule has 1 aromatic heterocycles. The molecule has 1 aliphatic heterocycles. The molecule has 1 saturated carbocycles. The van der Waals surface area contributed by atoms with Crippen molar-refractivity contribution in [3.8, 4) is 11.3 Å². The Morgan fingerprint density at radius 2 is 2.04 bits per heavy atom. The first-order valence-corrected chi connectivity index (χ1v) is 8.02. The van der Waals surface area contributed by atoms with Gasteiger partial charge >= 0.3 is 0 Å². The van der Waals surface area contributed by atoms with Crippen molar-refractivity contribution in [3.63, 3.8) is 0 Å². The lowest BCUT2D eigenvalue weighted by Gasteiger charge is -2.19. The molecule has 5 heteroatoms. The highest BCUT2D eigenvalue weighted by Gasteiger charge is 2.29. The zero-order valence-corrected chi connectivity index (χ0v) is 12.8. The van der Waals surface area contributed by atoms with Gasteiger partial charge < -0.3 is 14.6 Å². The molecule has 1 N–H and O–H groups in total. The zero-order chi connectivity index (χ0) is 15.6. The predicted octanol–water partition coefficient (Wildman–Crippen LogP) is 3.17. The SMILES string of the molecule is O=C(Nc1c(-c2ccccc2)ncn1C1CC1)C1CC=CCO1. The van der Waals surface area contributed by atoms with E-state index in [9.17, 15) is 4.79 Å². The lowest BCUT2D eigenvalue weighted by atomic mass is 10.1. The van der Waals surface area contributed by atoms with E-state index in [0.717, 1.165) is 29.9 Å². The van der Waals surface area contributed by atoms with Gasteiger partial charge in [0.25, 0.3) is 5.91 Å². The van der Waals surface area contributed by atoms with Crippen molar-refractivity contribution >= 4 is 11.7 Å². The molecule has 0 radical (unpaired) electrons. The van der Waals surface area contributed by atoms with Crippen molar-refractivity contribution in [3.05, 3.63) is 48.8 Å². The zero-order valence-electron chi connectivity index (χ0n) is 12.8. The van der Waals surface area contributed by atoms with Crippen LogP contribution in [0.15, 0.2) is 48.8 Å². The molecule has 1 fully saturated rings. The first-order valence-electron chi connectivity index (χ1n) is 8.02. The Kier molecular flexibility index (Phi) is 3.71. The number of hydrogen-bond acceptors (Lipinski definition) is 3. The minimum absolute atomic E-state index is 0.103. The van der Waals surface area contributed by atoms with Gasteiger partial charge in [-0.25, -0.2) is 4.98 Å². The topological polar surface area (TPSA) is 56.2 Å². The minimum Gasteiger partial charge on any atom is -0.364 e. The predicted molar refractivity (Wildman–Crippen MR) is 88.1 cm³/mol. The maximum Gasteiger partial charge on any atom is 0.255 e. The third-order valence-electron chi connectivity index (χ3n) is 4.23. The Bertz CT molecular complexity index is 732. The molecular formula is C18H19N3O2. The normalized spacial score (nSPS) is 20.4. The van der Waals surface area contributed by atoms with Crippen molar-refractivity contribution in [2.24, 2.45) is 0 Å². The van der Waals surface area contributed by atoms with E-state index in [2.05, 4.69) is 14.9 Å². The number of carbonyl (C=O) groups is 1. The highest BCUT2D eigenvalue weighted by molar-refractivity contribution is 5.96. The fourth-order valence-electron chi connectivity index (χ4n) is 2.83. The number of imidazole rings is 1. The van der Waals surface area contributed by atoms with E-state index in [1.807, 2.05) is 48.8 Å². The van der Waals surface area contributed by atoms with Crippen LogP contribution in [0, 0.1) is 0 Å². The van der Waals surface area contributed by atoms with Crippen LogP contribution < -0.4 is 5.32 Å². The van der Waals surface area contributed by atoms with E-state index < -0.39 is 6.10 Å². The summed E-state index contributed by atoms with van der Waals surface area (Å²) in [6, 6.07) is 10.4. The number of nitrogens with one attached hydrogen (secondary N) is 1. The summed E-state index contributed by atoms with van der Waals surface area (Å²) in [5.74, 6) is 0.677. The molecule has 1 amide bonds. The van der Waals surface area contributed by atoms with Gasteiger partial charge in [0.05, 0.1) is 12.9 Å². The maximum absolute atomic E-state index is 12.5. The van der Waals surface area contributed by atoms with Gasteiger partial charge in [-0.2, -0.15) is 0 Å². The van der Waals surface area contributed by atoms with Crippen LogP contribution in [0.2, 0.25) is 0 Å². The number of anilines is 1. The van der Waals surface area contributed by atoms with Crippen LogP contribution in [0.25, 0.3) is 11.3 Å². The molecular weight excluding hydrogens is 290 g/mol. The molecule has 0 saturated heterocycles. The summed E-state index contributed by atoms with van der Waals surface area (Å²) in [6.45, 7) is 0.492. The first-order chi connectivity index (χ1) is 11.3. The molecule has 23 heavy (non-hydrogen) atoms. The highest BCUT2D eigenvalue weighted by atomic mass is 16.5. The summed E-state index contributed by atoms with van der Waals surface area (Å²) in [5, 5.41) is 3.05. The molecule has 118 valence electrons. The van der Waals surface area contributed by atoms with E-state index in [-0.39, 0.29) is 5.91 Å². The Morgan fingerprint density at radius 1 is 1.22 bits per heavy atom. The van der Waals surface area contributed by atoms with E-state index in [1.54, 1.807) is 0 Å². The van der Waals surface area contributed by atoms with Gasteiger partial charge in [-0.1, -0.05) is 42.5 Å². The van der Waals surface area contributed by atoms with Crippen molar-refractivity contribution in [1.29, 1.82) is 0 Å². The first kappa shape index (κ1) is 14.2. The molecule has 0 bridgehead atoms. The Hall–Kier alpha value is -2.40. The molecule has 1 aromatic carbocycles. The Labute approximate surface area is 135 Å². The number of nitrogens with zero attached hydrogens (tertiary/aromatic N) is 2. The van der Waals surface area contributed by atoms with Gasteiger partial charge in [0.2, 0.25) is 0 Å². The van der Waals surface area contributed by atoms with Gasteiger partial charge in [-0.05, 0) is 12.8 Å². The molecule has 1 unspecified atom stereocenters. The molecule has 2 heterocycles. The molecule has 2 aromatic rings. The summed E-state index contributed by atoms with van der Waals surface area (Å²) in [5.41, 5.74) is 1.82. The van der Waals surface area contributed by atoms with Gasteiger partial charge in [-0.3, -0.25) is 4.79 Å². The lowest BCUT2D eigenvalue weighted by molar-refractivity contribution is -0.127. The Balaban J connectivity index is 1.64. The van der Waals surface area contributed by atoms with Gasteiger partial charge in [0.15, 0.2) is 0 Å². The van der Waals surface area contributed by atoms with Crippen molar-refractivity contribution < 1.29 is 9.53 Å². The summed E-state index contributed by atoms with van der Waals surface area (Å²) in [7, 11) is 0. The average molecular weight is 309 g/mol. The second-order valence-corrected chi connectivity index (χ2v) is 5.96. The molecule has 2 aliphatic rings. The molecule has 4 rings (SSSR count). The third-order valence-corrected chi connectivity index (χ3v) is 4.23. The maximum atomic E-state index is 12.5. The van der Waals surface area contributed by atoms with Crippen molar-refractivity contribution in [2.75, 3.05) is 11.9 Å². The summed E-state index contributed by atoms with van der Waals surface area (Å²) in [4.78, 5) is 17.1. The number of rotatable bonds is 4. The second-order valence-electron chi connectivity index (χ2n) is 5.96. The fraction of sp³-hybridized carbons (Fsp3) is 0.333. The van der Waals surface area contributed by atoms with Crippen LogP contribution in [-0.2, 0) is 9.53 Å². The van der Waals surface area contributed by atoms with Gasteiger partial charge in [-0.15, -0.1) is 0 Å². The highest BCUT2D eigenvalue weighted by Crippen LogP contribution is 2.40. The number of benzene rings is 1. The van der Waals surface area contributed by atoms with E-state index in [1.165, 1.54) is 0 Å². The number of hydrogen-bond donors (Lipinski definition) is 1. The van der Waals surface area contributed by atoms with Gasteiger partial charge in [0, 0.05) is 18.0 Å². The minimum atomic E-state index is -0.425. The summed E-state index contributed by atoms with van der Waals surface area (Å²) in [6.07, 6.45) is 8.22. The number of carbonyl (C=O) groups excluding carboxylic acids is 1. The van der Waals surface area contributed by atoms with Crippen LogP contribution in [0.5, 0.6) is 0 Å². The largest absolute Gasteiger partial charge is 0.364 e. The van der Waals surface area contributed by atoms with Gasteiger partial charge in [0.1, 0.15) is 17.6 Å². The van der Waals surface area contributed by atoms with Crippen molar-refractivity contribution in [1.82, 2.24) is 9.55 Å². The Morgan fingerprint density at radius 3 is 2.74 bits per heavy atom. The number of ether oxygens (including phenoxy) is 1. The monoisotopic (exact) mass is 309 g/mol. The van der Waals surface area contributed by atoms with E-state index in [0.29, 0.717) is 19.1 Å². The van der Waals surface area contributed by atoms with Crippen LogP contribution in [0.4, 0.5) is 5.82 Å². The van der Waals surface area contributed by atoms with E-state index in [4.69, 9.17) is 4.74 Å². The quantitative estimate of drug-likeness (QED) is 0.883. The fourth-order valence-corrected chi connectivity index (χ4v) is 2.83. The van der Waals surface area contributed by atoms with Crippen molar-refractivity contribution in [2.45, 2.75) is 31.4 Å². The molecule has 1 aliphatic carbocycles. The lowest BCUT2D eigenvalue weighted by Crippen LogP contribution is -2.32. The third kappa shape index (κ3) is 2.92. The standard InChI is InChI=1S/C18H19N3O2/c22-18(15-8-4-5-11-23-15)20-17-16(13-6-2-1-3-7-13)19-12-21(17)14-9-10-14/h1-7,12,14-15H,8-11H2,(H,20,22). The van der Waals surface area contributed by atoms with Crippen LogP contribution >= 0.6 is 0 Å². The molecule has 0 spiro atoms. The number of amides is 1.